The first-order valence-corrected chi connectivity index (χ1v) is 9.09. The van der Waals surface area contributed by atoms with Crippen LogP contribution >= 0.6 is 0 Å². The fraction of sp³-hybridized carbons (Fsp3) is 0.235. The average molecular weight is 377 g/mol. The molecule has 0 radical (unpaired) electrons. The van der Waals surface area contributed by atoms with Crippen molar-refractivity contribution < 1.29 is 18.1 Å². The third-order valence-electron chi connectivity index (χ3n) is 3.80. The number of amides is 1. The maximum atomic E-state index is 12.6. The quantitative estimate of drug-likeness (QED) is 0.567. The highest BCUT2D eigenvalue weighted by molar-refractivity contribution is 7.89. The standard InChI is InChI=1S/C17H19N3O5S/c1-18(2)26(24,25)15-9-6-8-13(11-15)17(21)19(3)12-14-7-4-5-10-16(14)20(22)23/h4-11H,12H2,1-3H3. The number of rotatable bonds is 6. The molecule has 2 aromatic carbocycles. The van der Waals surface area contributed by atoms with Gasteiger partial charge >= 0.3 is 0 Å². The molecule has 0 atom stereocenters. The van der Waals surface area contributed by atoms with Crippen LogP contribution in [0.15, 0.2) is 53.4 Å². The lowest BCUT2D eigenvalue weighted by Gasteiger charge is -2.18. The Hall–Kier alpha value is -2.78. The predicted octanol–water partition coefficient (Wildman–Crippen LogP) is 2.12. The summed E-state index contributed by atoms with van der Waals surface area (Å²) in [4.78, 5) is 24.5. The van der Waals surface area contributed by atoms with Gasteiger partial charge in [-0.25, -0.2) is 12.7 Å². The van der Waals surface area contributed by atoms with Gasteiger partial charge in [-0.1, -0.05) is 24.3 Å². The summed E-state index contributed by atoms with van der Waals surface area (Å²) in [6.07, 6.45) is 0. The molecule has 0 bridgehead atoms. The molecule has 8 nitrogen and oxygen atoms in total. The van der Waals surface area contributed by atoms with Gasteiger partial charge in [0.25, 0.3) is 11.6 Å². The molecule has 0 N–H and O–H groups in total. The van der Waals surface area contributed by atoms with E-state index in [9.17, 15) is 23.3 Å². The summed E-state index contributed by atoms with van der Waals surface area (Å²) in [6.45, 7) is 0.0284. The molecule has 0 unspecified atom stereocenters. The van der Waals surface area contributed by atoms with Crippen LogP contribution in [0.2, 0.25) is 0 Å². The highest BCUT2D eigenvalue weighted by Gasteiger charge is 2.21. The minimum Gasteiger partial charge on any atom is -0.337 e. The van der Waals surface area contributed by atoms with Crippen molar-refractivity contribution in [2.45, 2.75) is 11.4 Å². The lowest BCUT2D eigenvalue weighted by atomic mass is 10.1. The molecule has 1 amide bonds. The number of nitrogens with zero attached hydrogens (tertiary/aromatic N) is 3. The Labute approximate surface area is 151 Å². The zero-order valence-electron chi connectivity index (χ0n) is 14.6. The van der Waals surface area contributed by atoms with Crippen LogP contribution in [0.25, 0.3) is 0 Å². The van der Waals surface area contributed by atoms with Gasteiger partial charge in [0.1, 0.15) is 0 Å². The first-order valence-electron chi connectivity index (χ1n) is 7.65. The van der Waals surface area contributed by atoms with Crippen LogP contribution in [0.3, 0.4) is 0 Å². The Bertz CT molecular complexity index is 941. The van der Waals surface area contributed by atoms with E-state index in [1.54, 1.807) is 18.2 Å². The van der Waals surface area contributed by atoms with Gasteiger partial charge in [-0.05, 0) is 18.2 Å². The van der Waals surface area contributed by atoms with Gasteiger partial charge in [-0.3, -0.25) is 14.9 Å². The highest BCUT2D eigenvalue weighted by atomic mass is 32.2. The summed E-state index contributed by atoms with van der Waals surface area (Å²) in [5, 5.41) is 11.1. The Kier molecular flexibility index (Phi) is 5.73. The number of benzene rings is 2. The molecular formula is C17H19N3O5S. The number of nitro groups is 1. The van der Waals surface area contributed by atoms with E-state index in [1.807, 2.05) is 0 Å². The van der Waals surface area contributed by atoms with Crippen LogP contribution in [0, 0.1) is 10.1 Å². The molecule has 0 aliphatic heterocycles. The molecule has 0 aromatic heterocycles. The molecule has 0 aliphatic rings. The fourth-order valence-electron chi connectivity index (χ4n) is 2.37. The van der Waals surface area contributed by atoms with Crippen molar-refractivity contribution in [1.29, 1.82) is 0 Å². The summed E-state index contributed by atoms with van der Waals surface area (Å²) in [5.41, 5.74) is 0.510. The molecule has 9 heteroatoms. The Balaban J connectivity index is 2.29. The maximum Gasteiger partial charge on any atom is 0.274 e. The van der Waals surface area contributed by atoms with Gasteiger partial charge in [0.05, 0.1) is 16.4 Å². The van der Waals surface area contributed by atoms with Gasteiger partial charge in [0, 0.05) is 38.3 Å². The lowest BCUT2D eigenvalue weighted by Crippen LogP contribution is -2.27. The molecule has 2 rings (SSSR count). The highest BCUT2D eigenvalue weighted by Crippen LogP contribution is 2.21. The number of hydrogen-bond donors (Lipinski definition) is 0. The van der Waals surface area contributed by atoms with Gasteiger partial charge in [0.15, 0.2) is 0 Å². The van der Waals surface area contributed by atoms with Crippen molar-refractivity contribution in [3.05, 3.63) is 69.8 Å². The number of sulfonamides is 1. The van der Waals surface area contributed by atoms with Crippen molar-refractivity contribution in [3.8, 4) is 0 Å². The zero-order valence-corrected chi connectivity index (χ0v) is 15.4. The monoisotopic (exact) mass is 377 g/mol. The van der Waals surface area contributed by atoms with Crippen LogP contribution in [0.5, 0.6) is 0 Å². The second-order valence-corrected chi connectivity index (χ2v) is 8.01. The number of para-hydroxylation sites is 1. The number of carbonyl (C=O) groups is 1. The molecule has 138 valence electrons. The van der Waals surface area contributed by atoms with E-state index in [4.69, 9.17) is 0 Å². The third kappa shape index (κ3) is 4.06. The molecule has 0 saturated heterocycles. The number of carbonyl (C=O) groups excluding carboxylic acids is 1. The van der Waals surface area contributed by atoms with Crippen LogP contribution in [0.4, 0.5) is 5.69 Å². The second kappa shape index (κ2) is 7.63. The summed E-state index contributed by atoms with van der Waals surface area (Å²) in [7, 11) is 0.658. The molecular weight excluding hydrogens is 358 g/mol. The van der Waals surface area contributed by atoms with Crippen LogP contribution in [-0.2, 0) is 16.6 Å². The zero-order chi connectivity index (χ0) is 19.5. The number of hydrogen-bond acceptors (Lipinski definition) is 5. The minimum absolute atomic E-state index is 0.00689. The summed E-state index contributed by atoms with van der Waals surface area (Å²) < 4.78 is 25.5. The lowest BCUT2D eigenvalue weighted by molar-refractivity contribution is -0.385. The van der Waals surface area contributed by atoms with E-state index in [2.05, 4.69) is 0 Å². The van der Waals surface area contributed by atoms with Gasteiger partial charge in [-0.2, -0.15) is 0 Å². The normalized spacial score (nSPS) is 11.4. The SMILES string of the molecule is CN(Cc1ccccc1[N+](=O)[O-])C(=O)c1cccc(S(=O)(=O)N(C)C)c1. The largest absolute Gasteiger partial charge is 0.337 e. The first-order chi connectivity index (χ1) is 12.1. The molecule has 26 heavy (non-hydrogen) atoms. The molecule has 0 fully saturated rings. The molecule has 2 aromatic rings. The molecule has 0 heterocycles. The van der Waals surface area contributed by atoms with E-state index in [-0.39, 0.29) is 22.7 Å². The van der Waals surface area contributed by atoms with Crippen molar-refractivity contribution in [2.24, 2.45) is 0 Å². The van der Waals surface area contributed by atoms with Crippen LogP contribution < -0.4 is 0 Å². The predicted molar refractivity (Wildman–Crippen MR) is 96.2 cm³/mol. The minimum atomic E-state index is -3.66. The number of nitro benzene ring substituents is 1. The molecule has 0 aliphatic carbocycles. The van der Waals surface area contributed by atoms with E-state index in [1.165, 1.54) is 56.4 Å². The van der Waals surface area contributed by atoms with E-state index in [0.717, 1.165) is 4.31 Å². The Morgan fingerprint density at radius 3 is 2.35 bits per heavy atom. The molecule has 0 spiro atoms. The van der Waals surface area contributed by atoms with E-state index < -0.39 is 20.9 Å². The second-order valence-electron chi connectivity index (χ2n) is 5.86. The van der Waals surface area contributed by atoms with Crippen molar-refractivity contribution in [1.82, 2.24) is 9.21 Å². The van der Waals surface area contributed by atoms with Gasteiger partial charge in [-0.15, -0.1) is 0 Å². The third-order valence-corrected chi connectivity index (χ3v) is 5.61. The Morgan fingerprint density at radius 1 is 1.08 bits per heavy atom. The van der Waals surface area contributed by atoms with Crippen LogP contribution in [0.1, 0.15) is 15.9 Å². The summed E-state index contributed by atoms with van der Waals surface area (Å²) in [6, 6.07) is 11.9. The van der Waals surface area contributed by atoms with Gasteiger partial charge in [0.2, 0.25) is 10.0 Å². The van der Waals surface area contributed by atoms with E-state index in [0.29, 0.717) is 5.56 Å². The topological polar surface area (TPSA) is 101 Å². The summed E-state index contributed by atoms with van der Waals surface area (Å²) >= 11 is 0. The van der Waals surface area contributed by atoms with Gasteiger partial charge < -0.3 is 4.90 Å². The van der Waals surface area contributed by atoms with Crippen molar-refractivity contribution in [2.75, 3.05) is 21.1 Å². The first kappa shape index (κ1) is 19.5. The van der Waals surface area contributed by atoms with Crippen molar-refractivity contribution in [3.63, 3.8) is 0 Å². The Morgan fingerprint density at radius 2 is 1.73 bits per heavy atom. The fourth-order valence-corrected chi connectivity index (χ4v) is 3.32. The van der Waals surface area contributed by atoms with Crippen molar-refractivity contribution >= 4 is 21.6 Å². The molecule has 0 saturated carbocycles. The maximum absolute atomic E-state index is 12.6. The summed E-state index contributed by atoms with van der Waals surface area (Å²) in [5.74, 6) is -0.432. The smallest absolute Gasteiger partial charge is 0.274 e. The average Bonchev–Trinajstić information content (AvgIpc) is 2.61. The van der Waals surface area contributed by atoms with Crippen LogP contribution in [-0.4, -0.2) is 49.6 Å². The van der Waals surface area contributed by atoms with E-state index >= 15 is 0 Å².